The van der Waals surface area contributed by atoms with Crippen LogP contribution in [0.5, 0.6) is 5.75 Å². The topological polar surface area (TPSA) is 45.6 Å². The van der Waals surface area contributed by atoms with Gasteiger partial charge in [0.1, 0.15) is 17.7 Å². The summed E-state index contributed by atoms with van der Waals surface area (Å²) in [6, 6.07) is 8.21. The molecule has 1 aromatic heterocycles. The summed E-state index contributed by atoms with van der Waals surface area (Å²) in [6.45, 7) is 4.01. The minimum Gasteiger partial charge on any atom is -0.489 e. The maximum atomic E-state index is 13.2. The molecule has 1 saturated heterocycles. The van der Waals surface area contributed by atoms with E-state index in [9.17, 15) is 9.50 Å². The highest BCUT2D eigenvalue weighted by Gasteiger charge is 2.26. The molecule has 4 nitrogen and oxygen atoms in total. The van der Waals surface area contributed by atoms with Crippen LogP contribution in [0, 0.1) is 12.7 Å². The van der Waals surface area contributed by atoms with Crippen molar-refractivity contribution in [3.63, 3.8) is 0 Å². The normalized spacial score (nSPS) is 19.7. The Labute approximate surface area is 135 Å². The molecule has 0 radical (unpaired) electrons. The van der Waals surface area contributed by atoms with Crippen LogP contribution in [-0.4, -0.2) is 40.7 Å². The van der Waals surface area contributed by atoms with Crippen LogP contribution in [-0.2, 0) is 0 Å². The second-order valence-electron chi connectivity index (χ2n) is 5.99. The number of benzene rings is 1. The predicted molar refractivity (Wildman–Crippen MR) is 85.8 cm³/mol. The van der Waals surface area contributed by atoms with Crippen molar-refractivity contribution >= 4 is 0 Å². The van der Waals surface area contributed by atoms with Crippen molar-refractivity contribution in [1.29, 1.82) is 0 Å². The van der Waals surface area contributed by atoms with Crippen molar-refractivity contribution in [2.45, 2.75) is 25.6 Å². The standard InChI is InChI=1S/C18H21FN2O2/c1-13-10-14(19)2-3-17(13)18(22)12-21-9-6-16(11-21)23-15-4-7-20-8-5-15/h2-5,7-8,10,16,18,22H,6,9,11-12H2,1H3. The Morgan fingerprint density at radius 3 is 2.87 bits per heavy atom. The highest BCUT2D eigenvalue weighted by atomic mass is 19.1. The molecule has 5 heteroatoms. The number of β-amino-alcohol motifs (C(OH)–C–C–N with tert-alkyl or cyclic N) is 1. The number of hydrogen-bond acceptors (Lipinski definition) is 4. The SMILES string of the molecule is Cc1cc(F)ccc1C(O)CN1CCC(Oc2ccncc2)C1. The molecule has 0 saturated carbocycles. The molecule has 122 valence electrons. The Balaban J connectivity index is 1.55. The average Bonchev–Trinajstić information content (AvgIpc) is 2.95. The van der Waals surface area contributed by atoms with Gasteiger partial charge in [-0.25, -0.2) is 4.39 Å². The Morgan fingerprint density at radius 1 is 1.35 bits per heavy atom. The van der Waals surface area contributed by atoms with Gasteiger partial charge in [-0.1, -0.05) is 6.07 Å². The lowest BCUT2D eigenvalue weighted by Gasteiger charge is -2.21. The van der Waals surface area contributed by atoms with Gasteiger partial charge in [0.2, 0.25) is 0 Å². The molecule has 3 rings (SSSR count). The van der Waals surface area contributed by atoms with Gasteiger partial charge in [-0.05, 0) is 48.7 Å². The molecule has 2 aromatic rings. The van der Waals surface area contributed by atoms with E-state index in [2.05, 4.69) is 9.88 Å². The fourth-order valence-electron chi connectivity index (χ4n) is 3.02. The molecule has 2 atom stereocenters. The van der Waals surface area contributed by atoms with Gasteiger partial charge in [0.25, 0.3) is 0 Å². The van der Waals surface area contributed by atoms with Gasteiger partial charge in [-0.3, -0.25) is 9.88 Å². The molecule has 1 N–H and O–H groups in total. The molecule has 0 bridgehead atoms. The number of aryl methyl sites for hydroxylation is 1. The van der Waals surface area contributed by atoms with Crippen LogP contribution in [0.15, 0.2) is 42.7 Å². The number of hydrogen-bond donors (Lipinski definition) is 1. The molecule has 2 unspecified atom stereocenters. The second-order valence-corrected chi connectivity index (χ2v) is 5.99. The van der Waals surface area contributed by atoms with Crippen LogP contribution in [0.4, 0.5) is 4.39 Å². The average molecular weight is 316 g/mol. The smallest absolute Gasteiger partial charge is 0.123 e. The highest BCUT2D eigenvalue weighted by Crippen LogP contribution is 2.23. The quantitative estimate of drug-likeness (QED) is 0.921. The first-order chi connectivity index (χ1) is 11.1. The van der Waals surface area contributed by atoms with E-state index >= 15 is 0 Å². The van der Waals surface area contributed by atoms with E-state index in [0.29, 0.717) is 6.54 Å². The van der Waals surface area contributed by atoms with Crippen molar-refractivity contribution in [2.75, 3.05) is 19.6 Å². The van der Waals surface area contributed by atoms with Crippen molar-refractivity contribution in [3.05, 3.63) is 59.7 Å². The number of aliphatic hydroxyl groups excluding tert-OH is 1. The predicted octanol–water partition coefficient (Wildman–Crippen LogP) is 2.72. The first-order valence-electron chi connectivity index (χ1n) is 7.85. The third kappa shape index (κ3) is 4.06. The van der Waals surface area contributed by atoms with Crippen LogP contribution in [0.1, 0.15) is 23.7 Å². The number of ether oxygens (including phenoxy) is 1. The van der Waals surface area contributed by atoms with Crippen molar-refractivity contribution in [2.24, 2.45) is 0 Å². The zero-order valence-electron chi connectivity index (χ0n) is 13.2. The molecule has 1 aromatic carbocycles. The van der Waals surface area contributed by atoms with Crippen molar-refractivity contribution in [3.8, 4) is 5.75 Å². The van der Waals surface area contributed by atoms with Gasteiger partial charge < -0.3 is 9.84 Å². The number of aliphatic hydroxyl groups is 1. The lowest BCUT2D eigenvalue weighted by atomic mass is 10.0. The van der Waals surface area contributed by atoms with E-state index in [1.54, 1.807) is 18.5 Å². The molecular formula is C18H21FN2O2. The molecule has 0 amide bonds. The molecule has 23 heavy (non-hydrogen) atoms. The van der Waals surface area contributed by atoms with Crippen molar-refractivity contribution in [1.82, 2.24) is 9.88 Å². The number of nitrogens with zero attached hydrogens (tertiary/aromatic N) is 2. The van der Waals surface area contributed by atoms with Crippen LogP contribution >= 0.6 is 0 Å². The molecule has 0 aliphatic carbocycles. The van der Waals surface area contributed by atoms with E-state index in [1.807, 2.05) is 19.1 Å². The zero-order valence-corrected chi connectivity index (χ0v) is 13.2. The number of halogens is 1. The summed E-state index contributed by atoms with van der Waals surface area (Å²) >= 11 is 0. The van der Waals surface area contributed by atoms with Gasteiger partial charge in [-0.2, -0.15) is 0 Å². The lowest BCUT2D eigenvalue weighted by Crippen LogP contribution is -2.29. The van der Waals surface area contributed by atoms with E-state index in [-0.39, 0.29) is 11.9 Å². The van der Waals surface area contributed by atoms with Gasteiger partial charge in [-0.15, -0.1) is 0 Å². The van der Waals surface area contributed by atoms with E-state index in [0.717, 1.165) is 36.4 Å². The second kappa shape index (κ2) is 7.06. The molecule has 1 aliphatic heterocycles. The third-order valence-electron chi connectivity index (χ3n) is 4.20. The Morgan fingerprint density at radius 2 is 2.13 bits per heavy atom. The molecular weight excluding hydrogens is 295 g/mol. The first-order valence-corrected chi connectivity index (χ1v) is 7.85. The lowest BCUT2D eigenvalue weighted by molar-refractivity contribution is 0.116. The van der Waals surface area contributed by atoms with Crippen LogP contribution in [0.3, 0.4) is 0 Å². The molecule has 0 spiro atoms. The maximum absolute atomic E-state index is 13.2. The third-order valence-corrected chi connectivity index (χ3v) is 4.20. The Hall–Kier alpha value is -1.98. The van der Waals surface area contributed by atoms with Gasteiger partial charge in [0, 0.05) is 32.0 Å². The fourth-order valence-corrected chi connectivity index (χ4v) is 3.02. The zero-order chi connectivity index (χ0) is 16.2. The number of rotatable bonds is 5. The number of likely N-dealkylation sites (tertiary alicyclic amines) is 1. The van der Waals surface area contributed by atoms with Gasteiger partial charge >= 0.3 is 0 Å². The monoisotopic (exact) mass is 316 g/mol. The van der Waals surface area contributed by atoms with E-state index in [1.165, 1.54) is 12.1 Å². The van der Waals surface area contributed by atoms with Crippen molar-refractivity contribution < 1.29 is 14.2 Å². The summed E-state index contributed by atoms with van der Waals surface area (Å²) in [5.41, 5.74) is 1.56. The fraction of sp³-hybridized carbons (Fsp3) is 0.389. The summed E-state index contributed by atoms with van der Waals surface area (Å²) in [5.74, 6) is 0.548. The summed E-state index contributed by atoms with van der Waals surface area (Å²) in [6.07, 6.45) is 3.86. The number of aromatic nitrogens is 1. The van der Waals surface area contributed by atoms with Crippen LogP contribution < -0.4 is 4.74 Å². The first kappa shape index (κ1) is 15.9. The highest BCUT2D eigenvalue weighted by molar-refractivity contribution is 5.28. The summed E-state index contributed by atoms with van der Waals surface area (Å²) in [7, 11) is 0. The summed E-state index contributed by atoms with van der Waals surface area (Å²) < 4.78 is 19.1. The molecule has 1 fully saturated rings. The van der Waals surface area contributed by atoms with Gasteiger partial charge in [0.15, 0.2) is 0 Å². The Kier molecular flexibility index (Phi) is 4.88. The van der Waals surface area contributed by atoms with Gasteiger partial charge in [0.05, 0.1) is 6.10 Å². The maximum Gasteiger partial charge on any atom is 0.123 e. The van der Waals surface area contributed by atoms with Crippen LogP contribution in [0.2, 0.25) is 0 Å². The number of pyridine rings is 1. The minimum absolute atomic E-state index is 0.124. The Bertz CT molecular complexity index is 651. The molecule has 1 aliphatic rings. The molecule has 2 heterocycles. The van der Waals surface area contributed by atoms with Crippen LogP contribution in [0.25, 0.3) is 0 Å². The summed E-state index contributed by atoms with van der Waals surface area (Å²) in [4.78, 5) is 6.15. The van der Waals surface area contributed by atoms with E-state index in [4.69, 9.17) is 4.74 Å². The minimum atomic E-state index is -0.615. The summed E-state index contributed by atoms with van der Waals surface area (Å²) in [5, 5.41) is 10.4. The van der Waals surface area contributed by atoms with E-state index < -0.39 is 6.10 Å². The largest absolute Gasteiger partial charge is 0.489 e.